The van der Waals surface area contributed by atoms with E-state index in [-0.39, 0.29) is 5.91 Å². The number of hydrogen-bond donors (Lipinski definition) is 2. The van der Waals surface area contributed by atoms with Crippen molar-refractivity contribution in [2.75, 3.05) is 32.0 Å². The highest BCUT2D eigenvalue weighted by Crippen LogP contribution is 2.15. The molecule has 1 fully saturated rings. The first kappa shape index (κ1) is 13.5. The zero-order valence-corrected chi connectivity index (χ0v) is 11.7. The molecule has 1 saturated heterocycles. The van der Waals surface area contributed by atoms with Crippen LogP contribution < -0.4 is 10.6 Å². The minimum absolute atomic E-state index is 0.0288. The van der Waals surface area contributed by atoms with Gasteiger partial charge in [0.1, 0.15) is 0 Å². The molecule has 0 aliphatic carbocycles. The number of likely N-dealkylation sites (tertiary alicyclic amines) is 1. The van der Waals surface area contributed by atoms with E-state index in [9.17, 15) is 4.79 Å². The summed E-state index contributed by atoms with van der Waals surface area (Å²) < 4.78 is 0. The molecule has 18 heavy (non-hydrogen) atoms. The van der Waals surface area contributed by atoms with E-state index in [1.54, 1.807) is 0 Å². The Balaban J connectivity index is 1.80. The molecule has 2 N–H and O–H groups in total. The maximum atomic E-state index is 11.9. The van der Waals surface area contributed by atoms with E-state index in [0.29, 0.717) is 17.7 Å². The van der Waals surface area contributed by atoms with Gasteiger partial charge in [-0.05, 0) is 33.4 Å². The van der Waals surface area contributed by atoms with E-state index in [0.717, 1.165) is 25.2 Å². The van der Waals surface area contributed by atoms with Crippen LogP contribution in [0.3, 0.4) is 0 Å². The van der Waals surface area contributed by atoms with Crippen molar-refractivity contribution in [1.82, 2.24) is 15.2 Å². The third kappa shape index (κ3) is 3.76. The number of nitrogens with one attached hydrogen (secondary N) is 2. The second kappa shape index (κ2) is 6.26. The van der Waals surface area contributed by atoms with Gasteiger partial charge >= 0.3 is 0 Å². The molecule has 1 aliphatic rings. The first-order valence-electron chi connectivity index (χ1n) is 6.29. The molecule has 1 atom stereocenters. The van der Waals surface area contributed by atoms with Gasteiger partial charge in [0.15, 0.2) is 5.13 Å². The van der Waals surface area contributed by atoms with Crippen molar-refractivity contribution in [2.24, 2.45) is 0 Å². The highest BCUT2D eigenvalue weighted by Gasteiger charge is 2.20. The molecule has 1 aliphatic heterocycles. The molecule has 1 aromatic rings. The maximum Gasteiger partial charge on any atom is 0.240 e. The van der Waals surface area contributed by atoms with Crippen LogP contribution in [0.5, 0.6) is 0 Å². The Kier molecular flexibility index (Phi) is 4.68. The number of thiazole rings is 1. The van der Waals surface area contributed by atoms with Crippen LogP contribution >= 0.6 is 11.3 Å². The van der Waals surface area contributed by atoms with Crippen molar-refractivity contribution in [3.05, 3.63) is 11.1 Å². The zero-order valence-electron chi connectivity index (χ0n) is 10.9. The Morgan fingerprint density at radius 1 is 1.67 bits per heavy atom. The largest absolute Gasteiger partial charge is 0.316 e. The van der Waals surface area contributed by atoms with Crippen molar-refractivity contribution in [1.29, 1.82) is 0 Å². The van der Waals surface area contributed by atoms with Crippen LogP contribution in [0.2, 0.25) is 0 Å². The fraction of sp³-hybridized carbons (Fsp3) is 0.667. The summed E-state index contributed by atoms with van der Waals surface area (Å²) in [5, 5.41) is 8.76. The summed E-state index contributed by atoms with van der Waals surface area (Å²) in [6, 6.07) is 0.508. The molecule has 0 bridgehead atoms. The molecule has 1 unspecified atom stereocenters. The Hall–Kier alpha value is -0.980. The summed E-state index contributed by atoms with van der Waals surface area (Å²) in [6.45, 7) is 4.33. The van der Waals surface area contributed by atoms with Crippen molar-refractivity contribution in [3.63, 3.8) is 0 Å². The molecule has 0 spiro atoms. The van der Waals surface area contributed by atoms with E-state index in [1.807, 2.05) is 19.4 Å². The summed E-state index contributed by atoms with van der Waals surface area (Å²) in [4.78, 5) is 18.3. The predicted octanol–water partition coefficient (Wildman–Crippen LogP) is 1.07. The summed E-state index contributed by atoms with van der Waals surface area (Å²) in [7, 11) is 1.98. The first-order valence-corrected chi connectivity index (χ1v) is 7.17. The average Bonchev–Trinajstić information content (AvgIpc) is 2.74. The third-order valence-electron chi connectivity index (χ3n) is 3.15. The lowest BCUT2D eigenvalue weighted by Crippen LogP contribution is -2.46. The number of carbonyl (C=O) groups is 1. The molecule has 5 nitrogen and oxygen atoms in total. The first-order chi connectivity index (χ1) is 8.67. The molecule has 100 valence electrons. The van der Waals surface area contributed by atoms with Crippen LogP contribution in [0.15, 0.2) is 5.38 Å². The topological polar surface area (TPSA) is 57.3 Å². The van der Waals surface area contributed by atoms with Gasteiger partial charge in [0, 0.05) is 18.0 Å². The highest BCUT2D eigenvalue weighted by atomic mass is 32.1. The second-order valence-electron chi connectivity index (χ2n) is 4.71. The van der Waals surface area contributed by atoms with Crippen LogP contribution in [0.4, 0.5) is 5.13 Å². The number of amides is 1. The number of hydrogen-bond acceptors (Lipinski definition) is 5. The standard InChI is InChI=1S/C12H20N4OS/c1-9-8-18-12(14-9)15-11(17)7-16-5-3-4-10(6-16)13-2/h8,10,13H,3-7H2,1-2H3,(H,14,15,17). The molecule has 2 heterocycles. The fourth-order valence-corrected chi connectivity index (χ4v) is 2.91. The van der Waals surface area contributed by atoms with Crippen molar-refractivity contribution >= 4 is 22.4 Å². The van der Waals surface area contributed by atoms with Crippen LogP contribution in [0.25, 0.3) is 0 Å². The van der Waals surface area contributed by atoms with E-state index < -0.39 is 0 Å². The lowest BCUT2D eigenvalue weighted by atomic mass is 10.1. The number of aromatic nitrogens is 1. The van der Waals surface area contributed by atoms with Crippen molar-refractivity contribution < 1.29 is 4.79 Å². The van der Waals surface area contributed by atoms with Gasteiger partial charge < -0.3 is 10.6 Å². The van der Waals surface area contributed by atoms with Gasteiger partial charge in [0.05, 0.1) is 12.2 Å². The highest BCUT2D eigenvalue weighted by molar-refractivity contribution is 7.13. The normalized spacial score (nSPS) is 20.9. The Bertz CT molecular complexity index is 407. The second-order valence-corrected chi connectivity index (χ2v) is 5.56. The van der Waals surface area contributed by atoms with Gasteiger partial charge in [-0.15, -0.1) is 11.3 Å². The third-order valence-corrected chi connectivity index (χ3v) is 4.02. The maximum absolute atomic E-state index is 11.9. The van der Waals surface area contributed by atoms with Gasteiger partial charge in [0.25, 0.3) is 0 Å². The number of carbonyl (C=O) groups excluding carboxylic acids is 1. The Morgan fingerprint density at radius 3 is 3.17 bits per heavy atom. The minimum Gasteiger partial charge on any atom is -0.316 e. The predicted molar refractivity (Wildman–Crippen MR) is 74.0 cm³/mol. The molecule has 2 rings (SSSR count). The molecule has 1 amide bonds. The number of aryl methyl sites for hydroxylation is 1. The number of piperidine rings is 1. The fourth-order valence-electron chi connectivity index (χ4n) is 2.21. The van der Waals surface area contributed by atoms with Crippen molar-refractivity contribution in [3.8, 4) is 0 Å². The molecule has 0 saturated carbocycles. The average molecular weight is 268 g/mol. The van der Waals surface area contributed by atoms with Crippen LogP contribution in [-0.4, -0.2) is 48.5 Å². The van der Waals surface area contributed by atoms with E-state index in [2.05, 4.69) is 20.5 Å². The molecule has 1 aromatic heterocycles. The molecule has 0 radical (unpaired) electrons. The van der Waals surface area contributed by atoms with Gasteiger partial charge in [-0.2, -0.15) is 0 Å². The number of anilines is 1. The SMILES string of the molecule is CNC1CCCN(CC(=O)Nc2nc(C)cs2)C1. The van der Waals surface area contributed by atoms with Crippen LogP contribution in [0.1, 0.15) is 18.5 Å². The van der Waals surface area contributed by atoms with Crippen LogP contribution in [-0.2, 0) is 4.79 Å². The van der Waals surface area contributed by atoms with Gasteiger partial charge in [-0.3, -0.25) is 9.69 Å². The van der Waals surface area contributed by atoms with Gasteiger partial charge in [0.2, 0.25) is 5.91 Å². The zero-order chi connectivity index (χ0) is 13.0. The summed E-state index contributed by atoms with van der Waals surface area (Å²) in [5.41, 5.74) is 0.948. The van der Waals surface area contributed by atoms with Gasteiger partial charge in [-0.25, -0.2) is 4.98 Å². The van der Waals surface area contributed by atoms with E-state index in [1.165, 1.54) is 17.8 Å². The summed E-state index contributed by atoms with van der Waals surface area (Å²) in [5.74, 6) is 0.0288. The summed E-state index contributed by atoms with van der Waals surface area (Å²) in [6.07, 6.45) is 2.34. The Morgan fingerprint density at radius 2 is 2.50 bits per heavy atom. The molecular weight excluding hydrogens is 248 g/mol. The van der Waals surface area contributed by atoms with Crippen LogP contribution in [0, 0.1) is 6.92 Å². The molecule has 0 aromatic carbocycles. The Labute approximate surface area is 112 Å². The van der Waals surface area contributed by atoms with Gasteiger partial charge in [-0.1, -0.05) is 0 Å². The molecular formula is C12H20N4OS. The number of likely N-dealkylation sites (N-methyl/N-ethyl adjacent to an activating group) is 1. The number of rotatable bonds is 4. The summed E-state index contributed by atoms with van der Waals surface area (Å²) >= 11 is 1.47. The van der Waals surface area contributed by atoms with E-state index >= 15 is 0 Å². The van der Waals surface area contributed by atoms with E-state index in [4.69, 9.17) is 0 Å². The molecule has 6 heteroatoms. The smallest absolute Gasteiger partial charge is 0.240 e. The number of nitrogens with zero attached hydrogens (tertiary/aromatic N) is 2. The quantitative estimate of drug-likeness (QED) is 0.858. The lowest BCUT2D eigenvalue weighted by molar-refractivity contribution is -0.117. The lowest BCUT2D eigenvalue weighted by Gasteiger charge is -2.31. The minimum atomic E-state index is 0.0288. The monoisotopic (exact) mass is 268 g/mol. The van der Waals surface area contributed by atoms with Crippen molar-refractivity contribution in [2.45, 2.75) is 25.8 Å².